The van der Waals surface area contributed by atoms with Gasteiger partial charge < -0.3 is 14.2 Å². The van der Waals surface area contributed by atoms with Crippen LogP contribution in [-0.4, -0.2) is 37.2 Å². The molecule has 0 bridgehead atoms. The molecule has 0 radical (unpaired) electrons. The first-order chi connectivity index (χ1) is 28.5. The third kappa shape index (κ3) is 45.0. The fraction of sp³-hybridized carbons (Fsp3) is 0.865. The highest BCUT2D eigenvalue weighted by Crippen LogP contribution is 2.15. The summed E-state index contributed by atoms with van der Waals surface area (Å²) in [5.74, 6) is -0.891. The zero-order valence-electron chi connectivity index (χ0n) is 38.8. The van der Waals surface area contributed by atoms with Crippen LogP contribution in [0, 0.1) is 0 Å². The summed E-state index contributed by atoms with van der Waals surface area (Å²) < 4.78 is 16.8. The molecule has 1 atom stereocenters. The zero-order chi connectivity index (χ0) is 42.3. The van der Waals surface area contributed by atoms with E-state index in [1.165, 1.54) is 154 Å². The molecule has 0 saturated carbocycles. The van der Waals surface area contributed by atoms with E-state index in [1.54, 1.807) is 0 Å². The molecular formula is C52H96O6. The molecule has 0 aliphatic rings. The average molecular weight is 817 g/mol. The fourth-order valence-electron chi connectivity index (χ4n) is 7.31. The van der Waals surface area contributed by atoms with Gasteiger partial charge in [-0.05, 0) is 70.6 Å². The Morgan fingerprint density at radius 1 is 0.328 bits per heavy atom. The standard InChI is InChI=1S/C52H96O6/c1-4-7-10-13-16-19-22-25-26-28-30-33-36-39-42-45-51(54)57-48-49(47-56-50(53)44-41-38-35-32-29-24-21-18-15-12-9-6-3)58-52(55)46-43-40-37-34-31-27-23-20-17-14-11-8-5-2/h18,21,27,31,49H,4-17,19-20,22-26,28-30,32-48H2,1-3H3/b21-18-,31-27-. The molecule has 58 heavy (non-hydrogen) atoms. The summed E-state index contributed by atoms with van der Waals surface area (Å²) in [6.07, 6.45) is 53.0. The van der Waals surface area contributed by atoms with Gasteiger partial charge in [-0.3, -0.25) is 14.4 Å². The Balaban J connectivity index is 4.36. The number of hydrogen-bond acceptors (Lipinski definition) is 6. The molecule has 0 aliphatic carbocycles. The lowest BCUT2D eigenvalue weighted by Gasteiger charge is -2.18. The summed E-state index contributed by atoms with van der Waals surface area (Å²) in [5.41, 5.74) is 0. The van der Waals surface area contributed by atoms with Crippen molar-refractivity contribution in [3.63, 3.8) is 0 Å². The summed E-state index contributed by atoms with van der Waals surface area (Å²) in [6.45, 7) is 6.61. The maximum absolute atomic E-state index is 12.7. The van der Waals surface area contributed by atoms with Gasteiger partial charge in [0.2, 0.25) is 0 Å². The minimum absolute atomic E-state index is 0.0763. The number of esters is 3. The van der Waals surface area contributed by atoms with Gasteiger partial charge in [-0.1, -0.05) is 206 Å². The molecule has 0 spiro atoms. The maximum Gasteiger partial charge on any atom is 0.306 e. The van der Waals surface area contributed by atoms with Crippen LogP contribution >= 0.6 is 0 Å². The number of carbonyl (C=O) groups excluding carboxylic acids is 3. The lowest BCUT2D eigenvalue weighted by Crippen LogP contribution is -2.30. The topological polar surface area (TPSA) is 78.9 Å². The number of unbranched alkanes of at least 4 members (excludes halogenated alkanes) is 31. The Morgan fingerprint density at radius 3 is 0.914 bits per heavy atom. The summed E-state index contributed by atoms with van der Waals surface area (Å²) in [7, 11) is 0. The van der Waals surface area contributed by atoms with Crippen molar-refractivity contribution in [3.8, 4) is 0 Å². The molecular weight excluding hydrogens is 721 g/mol. The third-order valence-electron chi connectivity index (χ3n) is 11.2. The summed E-state index contributed by atoms with van der Waals surface area (Å²) in [6, 6.07) is 0. The number of ether oxygens (including phenoxy) is 3. The van der Waals surface area contributed by atoms with E-state index in [-0.39, 0.29) is 31.1 Å². The van der Waals surface area contributed by atoms with Crippen LogP contribution in [0.1, 0.15) is 271 Å². The van der Waals surface area contributed by atoms with Gasteiger partial charge in [-0.15, -0.1) is 0 Å². The first kappa shape index (κ1) is 55.9. The number of rotatable bonds is 46. The van der Waals surface area contributed by atoms with Crippen molar-refractivity contribution in [1.82, 2.24) is 0 Å². The normalized spacial score (nSPS) is 12.1. The number of hydrogen-bond donors (Lipinski definition) is 0. The molecule has 0 rings (SSSR count). The number of allylic oxidation sites excluding steroid dienone is 4. The molecule has 0 amide bonds. The fourth-order valence-corrected chi connectivity index (χ4v) is 7.31. The molecule has 0 N–H and O–H groups in total. The monoisotopic (exact) mass is 817 g/mol. The van der Waals surface area contributed by atoms with Crippen LogP contribution in [-0.2, 0) is 28.6 Å². The minimum atomic E-state index is -0.776. The van der Waals surface area contributed by atoms with Gasteiger partial charge in [0.25, 0.3) is 0 Å². The van der Waals surface area contributed by atoms with Gasteiger partial charge in [-0.25, -0.2) is 0 Å². The zero-order valence-corrected chi connectivity index (χ0v) is 38.8. The average Bonchev–Trinajstić information content (AvgIpc) is 3.22. The Bertz CT molecular complexity index is 942. The highest BCUT2D eigenvalue weighted by Gasteiger charge is 2.19. The van der Waals surface area contributed by atoms with Crippen molar-refractivity contribution >= 4 is 17.9 Å². The SMILES string of the molecule is CCCCC/C=C\CCCCCCCC(=O)OCC(COC(=O)CCCCCCCCCCCCCCCCC)OC(=O)CCCCC/C=C\CCCCCCCC. The van der Waals surface area contributed by atoms with Crippen LogP contribution < -0.4 is 0 Å². The van der Waals surface area contributed by atoms with Crippen LogP contribution in [0.4, 0.5) is 0 Å². The van der Waals surface area contributed by atoms with Gasteiger partial charge in [0.1, 0.15) is 13.2 Å². The van der Waals surface area contributed by atoms with E-state index in [0.29, 0.717) is 19.3 Å². The molecule has 0 heterocycles. The second kappa shape index (κ2) is 47.6. The first-order valence-corrected chi connectivity index (χ1v) is 25.3. The molecule has 1 unspecified atom stereocenters. The van der Waals surface area contributed by atoms with Crippen LogP contribution in [0.5, 0.6) is 0 Å². The second-order valence-electron chi connectivity index (χ2n) is 17.1. The molecule has 0 aromatic rings. The van der Waals surface area contributed by atoms with Crippen molar-refractivity contribution in [1.29, 1.82) is 0 Å². The Kier molecular flexibility index (Phi) is 45.8. The van der Waals surface area contributed by atoms with E-state index >= 15 is 0 Å². The maximum atomic E-state index is 12.7. The Morgan fingerprint density at radius 2 is 0.569 bits per heavy atom. The number of carbonyl (C=O) groups is 3. The smallest absolute Gasteiger partial charge is 0.306 e. The minimum Gasteiger partial charge on any atom is -0.462 e. The van der Waals surface area contributed by atoms with Crippen LogP contribution in [0.25, 0.3) is 0 Å². The molecule has 0 saturated heterocycles. The van der Waals surface area contributed by atoms with Gasteiger partial charge in [0.05, 0.1) is 0 Å². The van der Waals surface area contributed by atoms with E-state index in [4.69, 9.17) is 14.2 Å². The van der Waals surface area contributed by atoms with Crippen molar-refractivity contribution < 1.29 is 28.6 Å². The van der Waals surface area contributed by atoms with Gasteiger partial charge in [0, 0.05) is 19.3 Å². The molecule has 6 nitrogen and oxygen atoms in total. The molecule has 0 fully saturated rings. The third-order valence-corrected chi connectivity index (χ3v) is 11.2. The van der Waals surface area contributed by atoms with E-state index in [0.717, 1.165) is 77.0 Å². The van der Waals surface area contributed by atoms with Crippen molar-refractivity contribution in [2.75, 3.05) is 13.2 Å². The summed E-state index contributed by atoms with van der Waals surface area (Å²) in [4.78, 5) is 37.9. The molecule has 0 aromatic carbocycles. The van der Waals surface area contributed by atoms with E-state index in [2.05, 4.69) is 45.1 Å². The summed E-state index contributed by atoms with van der Waals surface area (Å²) in [5, 5.41) is 0. The van der Waals surface area contributed by atoms with Gasteiger partial charge >= 0.3 is 17.9 Å². The second-order valence-corrected chi connectivity index (χ2v) is 17.1. The predicted molar refractivity (Wildman–Crippen MR) is 247 cm³/mol. The van der Waals surface area contributed by atoms with Crippen LogP contribution in [0.2, 0.25) is 0 Å². The van der Waals surface area contributed by atoms with Gasteiger partial charge in [-0.2, -0.15) is 0 Å². The van der Waals surface area contributed by atoms with Gasteiger partial charge in [0.15, 0.2) is 6.10 Å². The highest BCUT2D eigenvalue weighted by molar-refractivity contribution is 5.71. The Hall–Kier alpha value is -2.11. The van der Waals surface area contributed by atoms with Crippen molar-refractivity contribution in [2.45, 2.75) is 277 Å². The lowest BCUT2D eigenvalue weighted by atomic mass is 10.0. The summed E-state index contributed by atoms with van der Waals surface area (Å²) >= 11 is 0. The molecule has 6 heteroatoms. The first-order valence-electron chi connectivity index (χ1n) is 25.3. The molecule has 0 aromatic heterocycles. The largest absolute Gasteiger partial charge is 0.462 e. The Labute approximate surface area is 360 Å². The van der Waals surface area contributed by atoms with Crippen molar-refractivity contribution in [3.05, 3.63) is 24.3 Å². The molecule has 340 valence electrons. The highest BCUT2D eigenvalue weighted by atomic mass is 16.6. The van der Waals surface area contributed by atoms with E-state index < -0.39 is 6.10 Å². The van der Waals surface area contributed by atoms with E-state index in [9.17, 15) is 14.4 Å². The van der Waals surface area contributed by atoms with E-state index in [1.807, 2.05) is 0 Å². The quantitative estimate of drug-likeness (QED) is 0.0263. The van der Waals surface area contributed by atoms with Crippen LogP contribution in [0.3, 0.4) is 0 Å². The lowest BCUT2D eigenvalue weighted by molar-refractivity contribution is -0.167. The predicted octanol–water partition coefficient (Wildman–Crippen LogP) is 16.4. The molecule has 0 aliphatic heterocycles. The van der Waals surface area contributed by atoms with Crippen LogP contribution in [0.15, 0.2) is 24.3 Å². The van der Waals surface area contributed by atoms with Crippen molar-refractivity contribution in [2.24, 2.45) is 0 Å².